The lowest BCUT2D eigenvalue weighted by molar-refractivity contribution is 0.765. The molecule has 0 saturated heterocycles. The summed E-state index contributed by atoms with van der Waals surface area (Å²) in [5, 5.41) is 19.9. The van der Waals surface area contributed by atoms with Gasteiger partial charge in [0.15, 0.2) is 5.69 Å². The molecule has 0 aliphatic heterocycles. The second-order valence-corrected chi connectivity index (χ2v) is 5.18. The topological polar surface area (TPSA) is 67.4 Å². The number of aryl methyl sites for hydroxylation is 1. The van der Waals surface area contributed by atoms with E-state index in [9.17, 15) is 5.26 Å². The van der Waals surface area contributed by atoms with E-state index >= 15 is 0 Å². The molecule has 0 amide bonds. The normalized spacial score (nSPS) is 10.4. The molecule has 0 radical (unpaired) electrons. The number of benzene rings is 1. The monoisotopic (exact) mass is 281 g/mol. The Labute approximate surface area is 120 Å². The molecule has 0 saturated carbocycles. The fourth-order valence-corrected chi connectivity index (χ4v) is 2.70. The van der Waals surface area contributed by atoms with Gasteiger partial charge in [0, 0.05) is 11.8 Å². The highest BCUT2D eigenvalue weighted by Crippen LogP contribution is 2.19. The van der Waals surface area contributed by atoms with Crippen molar-refractivity contribution in [3.8, 4) is 11.2 Å². The van der Waals surface area contributed by atoms with Crippen molar-refractivity contribution >= 4 is 11.3 Å². The van der Waals surface area contributed by atoms with Gasteiger partial charge in [-0.25, -0.2) is 4.98 Å². The lowest BCUT2D eigenvalue weighted by Crippen LogP contribution is -2.04. The van der Waals surface area contributed by atoms with Gasteiger partial charge in [-0.2, -0.15) is 9.94 Å². The standard InChI is InChI=1S/C14H11N5S/c1-10-9-20-14(16-10)19-13(12(8-15)17-18-19)7-11-5-3-2-4-6-11/h2-6,9H,7H2,1H3. The summed E-state index contributed by atoms with van der Waals surface area (Å²) in [6.45, 7) is 1.93. The van der Waals surface area contributed by atoms with Crippen molar-refractivity contribution in [3.05, 3.63) is 58.4 Å². The van der Waals surface area contributed by atoms with Crippen LogP contribution in [0.2, 0.25) is 0 Å². The quantitative estimate of drug-likeness (QED) is 0.739. The number of nitriles is 1. The largest absolute Gasteiger partial charge is 0.224 e. The predicted octanol–water partition coefficient (Wildman–Crippen LogP) is 2.49. The molecule has 0 fully saturated rings. The van der Waals surface area contributed by atoms with Gasteiger partial charge in [-0.3, -0.25) is 0 Å². The minimum atomic E-state index is 0.349. The lowest BCUT2D eigenvalue weighted by Gasteiger charge is -2.03. The van der Waals surface area contributed by atoms with Crippen LogP contribution in [-0.4, -0.2) is 20.0 Å². The van der Waals surface area contributed by atoms with E-state index in [1.165, 1.54) is 11.3 Å². The smallest absolute Gasteiger partial charge is 0.212 e. The van der Waals surface area contributed by atoms with Crippen LogP contribution >= 0.6 is 11.3 Å². The maximum Gasteiger partial charge on any atom is 0.212 e. The molecule has 0 unspecified atom stereocenters. The Kier molecular flexibility index (Phi) is 3.27. The molecule has 20 heavy (non-hydrogen) atoms. The Hall–Kier alpha value is -2.52. The van der Waals surface area contributed by atoms with Crippen molar-refractivity contribution in [3.63, 3.8) is 0 Å². The fourth-order valence-electron chi connectivity index (χ4n) is 1.93. The van der Waals surface area contributed by atoms with Crippen molar-refractivity contribution in [2.24, 2.45) is 0 Å². The summed E-state index contributed by atoms with van der Waals surface area (Å²) in [6, 6.07) is 12.1. The first-order valence-electron chi connectivity index (χ1n) is 6.09. The number of nitrogens with zero attached hydrogens (tertiary/aromatic N) is 5. The summed E-state index contributed by atoms with van der Waals surface area (Å²) in [7, 11) is 0. The third-order valence-electron chi connectivity index (χ3n) is 2.87. The number of rotatable bonds is 3. The molecule has 5 nitrogen and oxygen atoms in total. The van der Waals surface area contributed by atoms with Crippen LogP contribution in [0.5, 0.6) is 0 Å². The summed E-state index contributed by atoms with van der Waals surface area (Å²) in [6.07, 6.45) is 0.607. The van der Waals surface area contributed by atoms with Gasteiger partial charge >= 0.3 is 0 Å². The van der Waals surface area contributed by atoms with Gasteiger partial charge in [0.1, 0.15) is 6.07 Å². The highest BCUT2D eigenvalue weighted by atomic mass is 32.1. The molecule has 3 rings (SSSR count). The van der Waals surface area contributed by atoms with Crippen LogP contribution in [0.15, 0.2) is 35.7 Å². The summed E-state index contributed by atoms with van der Waals surface area (Å²) in [5.41, 5.74) is 3.17. The number of hydrogen-bond acceptors (Lipinski definition) is 5. The minimum absolute atomic E-state index is 0.349. The van der Waals surface area contributed by atoms with Crippen LogP contribution in [0.3, 0.4) is 0 Å². The van der Waals surface area contributed by atoms with Gasteiger partial charge in [0.05, 0.1) is 11.4 Å². The number of thiazole rings is 1. The van der Waals surface area contributed by atoms with Crippen LogP contribution in [0.4, 0.5) is 0 Å². The second-order valence-electron chi connectivity index (χ2n) is 4.34. The average Bonchev–Trinajstić information content (AvgIpc) is 3.06. The lowest BCUT2D eigenvalue weighted by atomic mass is 10.1. The maximum atomic E-state index is 9.18. The summed E-state index contributed by atoms with van der Waals surface area (Å²) in [5.74, 6) is 0. The fraction of sp³-hybridized carbons (Fsp3) is 0.143. The first-order valence-corrected chi connectivity index (χ1v) is 6.97. The van der Waals surface area contributed by atoms with E-state index in [0.717, 1.165) is 22.1 Å². The van der Waals surface area contributed by atoms with Crippen molar-refractivity contribution in [1.82, 2.24) is 20.0 Å². The zero-order valence-electron chi connectivity index (χ0n) is 10.8. The molecule has 3 aromatic rings. The molecule has 0 bridgehead atoms. The highest BCUT2D eigenvalue weighted by Gasteiger charge is 2.16. The molecule has 0 spiro atoms. The highest BCUT2D eigenvalue weighted by molar-refractivity contribution is 7.12. The minimum Gasteiger partial charge on any atom is -0.224 e. The van der Waals surface area contributed by atoms with Gasteiger partial charge in [-0.1, -0.05) is 35.5 Å². The average molecular weight is 281 g/mol. The van der Waals surface area contributed by atoms with E-state index in [-0.39, 0.29) is 0 Å². The van der Waals surface area contributed by atoms with Gasteiger partial charge in [-0.05, 0) is 12.5 Å². The summed E-state index contributed by atoms with van der Waals surface area (Å²) >= 11 is 1.49. The molecule has 2 heterocycles. The summed E-state index contributed by atoms with van der Waals surface area (Å²) in [4.78, 5) is 4.40. The third-order valence-corrected chi connectivity index (χ3v) is 3.81. The molecule has 1 aromatic carbocycles. The predicted molar refractivity (Wildman–Crippen MR) is 75.7 cm³/mol. The van der Waals surface area contributed by atoms with Gasteiger partial charge < -0.3 is 0 Å². The third kappa shape index (κ3) is 2.31. The number of hydrogen-bond donors (Lipinski definition) is 0. The van der Waals surface area contributed by atoms with E-state index in [2.05, 4.69) is 21.4 Å². The molecule has 0 N–H and O–H groups in total. The number of aromatic nitrogens is 4. The van der Waals surface area contributed by atoms with Crippen molar-refractivity contribution in [2.45, 2.75) is 13.3 Å². The van der Waals surface area contributed by atoms with Crippen molar-refractivity contribution in [1.29, 1.82) is 5.26 Å². The maximum absolute atomic E-state index is 9.18. The van der Waals surface area contributed by atoms with Crippen LogP contribution in [0.1, 0.15) is 22.6 Å². The van der Waals surface area contributed by atoms with Gasteiger partial charge in [-0.15, -0.1) is 16.4 Å². The van der Waals surface area contributed by atoms with E-state index < -0.39 is 0 Å². The van der Waals surface area contributed by atoms with Crippen LogP contribution in [0.25, 0.3) is 5.13 Å². The Morgan fingerprint density at radius 3 is 2.75 bits per heavy atom. The molecular weight excluding hydrogens is 270 g/mol. The Bertz CT molecular complexity index is 766. The Morgan fingerprint density at radius 1 is 1.30 bits per heavy atom. The summed E-state index contributed by atoms with van der Waals surface area (Å²) < 4.78 is 1.66. The van der Waals surface area contributed by atoms with E-state index in [1.54, 1.807) is 4.68 Å². The molecule has 6 heteroatoms. The first-order chi connectivity index (χ1) is 9.78. The van der Waals surface area contributed by atoms with Crippen molar-refractivity contribution in [2.75, 3.05) is 0 Å². The van der Waals surface area contributed by atoms with Crippen LogP contribution < -0.4 is 0 Å². The Balaban J connectivity index is 2.05. The molecule has 0 aliphatic rings. The Morgan fingerprint density at radius 2 is 2.10 bits per heavy atom. The van der Waals surface area contributed by atoms with Gasteiger partial charge in [0.25, 0.3) is 0 Å². The first kappa shape index (κ1) is 12.5. The van der Waals surface area contributed by atoms with E-state index in [4.69, 9.17) is 0 Å². The molecule has 0 aliphatic carbocycles. The molecular formula is C14H11N5S. The van der Waals surface area contributed by atoms with Crippen molar-refractivity contribution < 1.29 is 0 Å². The second kappa shape index (κ2) is 5.23. The van der Waals surface area contributed by atoms with Crippen LogP contribution in [0, 0.1) is 18.3 Å². The zero-order chi connectivity index (χ0) is 13.9. The SMILES string of the molecule is Cc1csc(-n2nnc(C#N)c2Cc2ccccc2)n1. The molecule has 0 atom stereocenters. The van der Waals surface area contributed by atoms with E-state index in [1.807, 2.05) is 42.6 Å². The van der Waals surface area contributed by atoms with Gasteiger partial charge in [0.2, 0.25) is 5.13 Å². The molecule has 2 aromatic heterocycles. The van der Waals surface area contributed by atoms with Crippen LogP contribution in [-0.2, 0) is 6.42 Å². The van der Waals surface area contributed by atoms with E-state index in [0.29, 0.717) is 12.1 Å². The molecule has 98 valence electrons. The zero-order valence-corrected chi connectivity index (χ0v) is 11.6.